The number of carbonyl (C=O) groups is 1. The van der Waals surface area contributed by atoms with E-state index in [9.17, 15) is 18.0 Å². The van der Waals surface area contributed by atoms with Gasteiger partial charge < -0.3 is 10.1 Å². The second-order valence-corrected chi connectivity index (χ2v) is 6.04. The van der Waals surface area contributed by atoms with Gasteiger partial charge in [0.05, 0.1) is 35.3 Å². The van der Waals surface area contributed by atoms with Crippen LogP contribution in [0.2, 0.25) is 5.02 Å². The standard InChI is InChI=1S/C19H13ClF3N3O2/c1-28-16-7-5-12(10-25-16)26-18(27)11-4-6-13(15(20)9-11)17-14(19(21,22)23)3-2-8-24-17/h2-10H,1H3,(H,26,27). The van der Waals surface area contributed by atoms with E-state index in [1.54, 1.807) is 12.1 Å². The van der Waals surface area contributed by atoms with Crippen molar-refractivity contribution in [3.8, 4) is 17.1 Å². The van der Waals surface area contributed by atoms with Crippen LogP contribution in [-0.4, -0.2) is 23.0 Å². The molecule has 2 heterocycles. The predicted octanol–water partition coefficient (Wildman–Crippen LogP) is 5.08. The number of aromatic nitrogens is 2. The van der Waals surface area contributed by atoms with Crippen molar-refractivity contribution in [3.05, 3.63) is 71.0 Å². The molecule has 0 spiro atoms. The summed E-state index contributed by atoms with van der Waals surface area (Å²) in [4.78, 5) is 20.2. The first-order valence-electron chi connectivity index (χ1n) is 7.93. The lowest BCUT2D eigenvalue weighted by Crippen LogP contribution is -2.12. The summed E-state index contributed by atoms with van der Waals surface area (Å²) in [5.74, 6) is -0.0984. The Kier molecular flexibility index (Phi) is 5.51. The number of hydrogen-bond donors (Lipinski definition) is 1. The first-order chi connectivity index (χ1) is 13.3. The van der Waals surface area contributed by atoms with Crippen LogP contribution >= 0.6 is 11.6 Å². The summed E-state index contributed by atoms with van der Waals surface area (Å²) >= 11 is 6.16. The van der Waals surface area contributed by atoms with Gasteiger partial charge in [-0.25, -0.2) is 4.98 Å². The fourth-order valence-corrected chi connectivity index (χ4v) is 2.75. The SMILES string of the molecule is COc1ccc(NC(=O)c2ccc(-c3ncccc3C(F)(F)F)c(Cl)c2)cn1. The van der Waals surface area contributed by atoms with Crippen LogP contribution in [0.15, 0.2) is 54.9 Å². The third-order valence-corrected chi connectivity index (χ3v) is 4.12. The van der Waals surface area contributed by atoms with Crippen molar-refractivity contribution < 1.29 is 22.7 Å². The van der Waals surface area contributed by atoms with Crippen LogP contribution in [0.5, 0.6) is 5.88 Å². The van der Waals surface area contributed by atoms with Gasteiger partial charge in [-0.3, -0.25) is 9.78 Å². The molecule has 0 saturated heterocycles. The van der Waals surface area contributed by atoms with Crippen molar-refractivity contribution in [2.24, 2.45) is 0 Å². The van der Waals surface area contributed by atoms with E-state index < -0.39 is 17.6 Å². The molecule has 0 bridgehead atoms. The zero-order chi connectivity index (χ0) is 20.3. The van der Waals surface area contributed by atoms with E-state index in [0.717, 1.165) is 6.07 Å². The Labute approximate surface area is 163 Å². The number of halogens is 4. The van der Waals surface area contributed by atoms with E-state index in [1.165, 1.54) is 43.8 Å². The molecular formula is C19H13ClF3N3O2. The van der Waals surface area contributed by atoms with E-state index >= 15 is 0 Å². The number of nitrogens with zero attached hydrogens (tertiary/aromatic N) is 2. The second-order valence-electron chi connectivity index (χ2n) is 5.64. The van der Waals surface area contributed by atoms with Gasteiger partial charge in [0.25, 0.3) is 5.91 Å². The van der Waals surface area contributed by atoms with Crippen molar-refractivity contribution in [3.63, 3.8) is 0 Å². The van der Waals surface area contributed by atoms with E-state index in [-0.39, 0.29) is 21.8 Å². The average Bonchev–Trinajstić information content (AvgIpc) is 2.68. The Bertz CT molecular complexity index is 1010. The van der Waals surface area contributed by atoms with Gasteiger partial charge in [-0.2, -0.15) is 13.2 Å². The Morgan fingerprint density at radius 1 is 1.14 bits per heavy atom. The van der Waals surface area contributed by atoms with Crippen molar-refractivity contribution in [2.75, 3.05) is 12.4 Å². The van der Waals surface area contributed by atoms with E-state index in [1.807, 2.05) is 0 Å². The number of hydrogen-bond acceptors (Lipinski definition) is 4. The fraction of sp³-hybridized carbons (Fsp3) is 0.105. The summed E-state index contributed by atoms with van der Waals surface area (Å²) in [6.45, 7) is 0. The Balaban J connectivity index is 1.87. The molecule has 5 nitrogen and oxygen atoms in total. The average molecular weight is 408 g/mol. The van der Waals surface area contributed by atoms with Crippen LogP contribution < -0.4 is 10.1 Å². The highest BCUT2D eigenvalue weighted by atomic mass is 35.5. The number of ether oxygens (including phenoxy) is 1. The van der Waals surface area contributed by atoms with E-state index in [0.29, 0.717) is 11.6 Å². The van der Waals surface area contributed by atoms with Gasteiger partial charge in [-0.05, 0) is 30.3 Å². The minimum absolute atomic E-state index is 0.0234. The van der Waals surface area contributed by atoms with Gasteiger partial charge >= 0.3 is 6.18 Å². The molecular weight excluding hydrogens is 395 g/mol. The molecule has 0 aliphatic heterocycles. The zero-order valence-corrected chi connectivity index (χ0v) is 15.2. The van der Waals surface area contributed by atoms with Gasteiger partial charge in [0.1, 0.15) is 0 Å². The number of amides is 1. The van der Waals surface area contributed by atoms with Crippen LogP contribution in [0.4, 0.5) is 18.9 Å². The lowest BCUT2D eigenvalue weighted by Gasteiger charge is -2.13. The van der Waals surface area contributed by atoms with Crippen LogP contribution in [0.1, 0.15) is 15.9 Å². The topological polar surface area (TPSA) is 64.1 Å². The van der Waals surface area contributed by atoms with Gasteiger partial charge in [0, 0.05) is 23.4 Å². The van der Waals surface area contributed by atoms with Gasteiger partial charge in [-0.15, -0.1) is 0 Å². The predicted molar refractivity (Wildman–Crippen MR) is 98.4 cm³/mol. The molecule has 0 fully saturated rings. The lowest BCUT2D eigenvalue weighted by atomic mass is 10.0. The van der Waals surface area contributed by atoms with Gasteiger partial charge in [-0.1, -0.05) is 17.7 Å². The molecule has 2 aromatic heterocycles. The number of pyridine rings is 2. The minimum Gasteiger partial charge on any atom is -0.481 e. The van der Waals surface area contributed by atoms with E-state index in [2.05, 4.69) is 15.3 Å². The van der Waals surface area contributed by atoms with Crippen molar-refractivity contribution in [1.82, 2.24) is 9.97 Å². The summed E-state index contributed by atoms with van der Waals surface area (Å²) in [6, 6.07) is 9.30. The number of alkyl halides is 3. The smallest absolute Gasteiger partial charge is 0.418 e. The minimum atomic E-state index is -4.58. The molecule has 0 radical (unpaired) electrons. The molecule has 0 atom stereocenters. The first-order valence-corrected chi connectivity index (χ1v) is 8.31. The molecule has 0 aliphatic carbocycles. The Morgan fingerprint density at radius 3 is 2.54 bits per heavy atom. The third kappa shape index (κ3) is 4.23. The zero-order valence-electron chi connectivity index (χ0n) is 14.4. The summed E-state index contributed by atoms with van der Waals surface area (Å²) in [6.07, 6.45) is -1.92. The highest BCUT2D eigenvalue weighted by Gasteiger charge is 2.34. The summed E-state index contributed by atoms with van der Waals surface area (Å²) < 4.78 is 44.6. The maximum absolute atomic E-state index is 13.2. The fourth-order valence-electron chi connectivity index (χ4n) is 2.48. The lowest BCUT2D eigenvalue weighted by molar-refractivity contribution is -0.137. The molecule has 0 aliphatic rings. The number of nitrogens with one attached hydrogen (secondary N) is 1. The van der Waals surface area contributed by atoms with Crippen molar-refractivity contribution >= 4 is 23.2 Å². The molecule has 1 aromatic carbocycles. The van der Waals surface area contributed by atoms with Gasteiger partial charge in [0.2, 0.25) is 5.88 Å². The number of benzene rings is 1. The number of carbonyl (C=O) groups excluding carboxylic acids is 1. The molecule has 1 N–H and O–H groups in total. The van der Waals surface area contributed by atoms with Crippen LogP contribution in [0.3, 0.4) is 0 Å². The molecule has 28 heavy (non-hydrogen) atoms. The first kappa shape index (κ1) is 19.6. The number of methoxy groups -OCH3 is 1. The van der Waals surface area contributed by atoms with Crippen LogP contribution in [-0.2, 0) is 6.18 Å². The Morgan fingerprint density at radius 2 is 1.93 bits per heavy atom. The molecule has 9 heteroatoms. The maximum Gasteiger partial charge on any atom is 0.418 e. The molecule has 0 unspecified atom stereocenters. The summed E-state index contributed by atoms with van der Waals surface area (Å²) in [5, 5.41) is 2.60. The molecule has 0 saturated carbocycles. The molecule has 3 rings (SSSR count). The number of anilines is 1. The van der Waals surface area contributed by atoms with Crippen LogP contribution in [0.25, 0.3) is 11.3 Å². The molecule has 3 aromatic rings. The monoisotopic (exact) mass is 407 g/mol. The molecule has 1 amide bonds. The Hall–Kier alpha value is -3.13. The normalized spacial score (nSPS) is 11.2. The van der Waals surface area contributed by atoms with Crippen molar-refractivity contribution in [2.45, 2.75) is 6.18 Å². The van der Waals surface area contributed by atoms with E-state index in [4.69, 9.17) is 16.3 Å². The third-order valence-electron chi connectivity index (χ3n) is 3.80. The second kappa shape index (κ2) is 7.85. The highest BCUT2D eigenvalue weighted by molar-refractivity contribution is 6.33. The summed E-state index contributed by atoms with van der Waals surface area (Å²) in [5.41, 5.74) is -0.522. The van der Waals surface area contributed by atoms with Gasteiger partial charge in [0.15, 0.2) is 0 Å². The largest absolute Gasteiger partial charge is 0.481 e. The van der Waals surface area contributed by atoms with Crippen LogP contribution in [0, 0.1) is 0 Å². The quantitative estimate of drug-likeness (QED) is 0.655. The van der Waals surface area contributed by atoms with Crippen molar-refractivity contribution in [1.29, 1.82) is 0 Å². The molecule has 144 valence electrons. The maximum atomic E-state index is 13.2. The highest BCUT2D eigenvalue weighted by Crippen LogP contribution is 2.38. The summed E-state index contributed by atoms with van der Waals surface area (Å²) in [7, 11) is 1.47. The number of rotatable bonds is 4.